The van der Waals surface area contributed by atoms with Gasteiger partial charge in [-0.25, -0.2) is 4.39 Å². The van der Waals surface area contributed by atoms with E-state index in [1.165, 1.54) is 13.2 Å². The largest absolute Gasteiger partial charge is 0.494 e. The van der Waals surface area contributed by atoms with Crippen LogP contribution in [0, 0.1) is 5.82 Å². The summed E-state index contributed by atoms with van der Waals surface area (Å²) in [7, 11) is 1.96. The minimum atomic E-state index is -0.408. The predicted octanol–water partition coefficient (Wildman–Crippen LogP) is 2.34. The Labute approximate surface area is 154 Å². The van der Waals surface area contributed by atoms with Gasteiger partial charge >= 0.3 is 0 Å². The molecule has 0 bridgehead atoms. The molecule has 1 aromatic carbocycles. The molecular weight excluding hydrogens is 352 g/mol. The molecule has 0 radical (unpaired) electrons. The number of hydrogen-bond donors (Lipinski definition) is 1. The highest BCUT2D eigenvalue weighted by molar-refractivity contribution is 7.44. The Hall–Kier alpha value is -2.17. The summed E-state index contributed by atoms with van der Waals surface area (Å²) in [6, 6.07) is 4.85. The molecule has 2 atom stereocenters. The van der Waals surface area contributed by atoms with Crippen LogP contribution in [0.5, 0.6) is 5.75 Å². The number of fused-ring (bicyclic) bond motifs is 1. The fourth-order valence-corrected chi connectivity index (χ4v) is 4.82. The number of methoxy groups -OCH3 is 1. The van der Waals surface area contributed by atoms with Crippen molar-refractivity contribution in [2.24, 2.45) is 0 Å². The Balaban J connectivity index is 1.57. The Morgan fingerprint density at radius 3 is 2.85 bits per heavy atom. The molecule has 4 rings (SSSR count). The second kappa shape index (κ2) is 7.22. The lowest BCUT2D eigenvalue weighted by Crippen LogP contribution is -2.44. The molecule has 3 aliphatic rings. The van der Waals surface area contributed by atoms with E-state index >= 15 is 0 Å². The Morgan fingerprint density at radius 1 is 1.31 bits per heavy atom. The standard InChI is InChI=1S/C19H21FN3O2P/c1-25-16-4-2-13(10-15(16)20)14-3-5-18-23(12-14)17(24)11-19(26-18)22-8-6-21-7-9-22/h2-5,10-12,18,21,26H,6-9H2,1H3. The lowest BCUT2D eigenvalue weighted by atomic mass is 10.0. The van der Waals surface area contributed by atoms with Crippen LogP contribution in [0.25, 0.3) is 5.57 Å². The van der Waals surface area contributed by atoms with Gasteiger partial charge in [-0.05, 0) is 31.8 Å². The molecule has 0 aromatic heterocycles. The molecule has 1 saturated heterocycles. The Bertz CT molecular complexity index is 815. The molecule has 5 nitrogen and oxygen atoms in total. The van der Waals surface area contributed by atoms with E-state index in [0.717, 1.165) is 42.8 Å². The summed E-state index contributed by atoms with van der Waals surface area (Å²) in [5, 5.41) is 3.33. The second-order valence-corrected chi connectivity index (χ2v) is 7.79. The molecule has 3 heterocycles. The molecule has 136 valence electrons. The zero-order valence-corrected chi connectivity index (χ0v) is 15.5. The van der Waals surface area contributed by atoms with Gasteiger partial charge in [0.25, 0.3) is 5.91 Å². The topological polar surface area (TPSA) is 44.8 Å². The zero-order valence-electron chi connectivity index (χ0n) is 14.5. The van der Waals surface area contributed by atoms with Crippen molar-refractivity contribution in [1.29, 1.82) is 0 Å². The molecule has 26 heavy (non-hydrogen) atoms. The van der Waals surface area contributed by atoms with Crippen molar-refractivity contribution in [2.45, 2.75) is 5.78 Å². The van der Waals surface area contributed by atoms with Crippen molar-refractivity contribution < 1.29 is 13.9 Å². The molecule has 0 spiro atoms. The summed E-state index contributed by atoms with van der Waals surface area (Å²) in [5.41, 5.74) is 2.68. The number of nitrogens with zero attached hydrogens (tertiary/aromatic N) is 2. The number of ether oxygens (including phenoxy) is 1. The van der Waals surface area contributed by atoms with E-state index in [4.69, 9.17) is 4.74 Å². The normalized spacial score (nSPS) is 23.6. The average molecular weight is 373 g/mol. The first-order chi connectivity index (χ1) is 12.7. The van der Waals surface area contributed by atoms with Gasteiger partial charge in [0, 0.05) is 43.9 Å². The van der Waals surface area contributed by atoms with Crippen LogP contribution in [-0.2, 0) is 4.79 Å². The molecule has 3 aliphatic heterocycles. The number of amides is 1. The zero-order chi connectivity index (χ0) is 18.1. The number of hydrogen-bond acceptors (Lipinski definition) is 4. The van der Waals surface area contributed by atoms with E-state index in [9.17, 15) is 9.18 Å². The molecule has 1 fully saturated rings. The fraction of sp³-hybridized carbons (Fsp3) is 0.316. The summed E-state index contributed by atoms with van der Waals surface area (Å²) in [4.78, 5) is 16.7. The molecular formula is C19H21FN3O2P. The average Bonchev–Trinajstić information content (AvgIpc) is 2.68. The van der Waals surface area contributed by atoms with Crippen molar-refractivity contribution in [3.8, 4) is 5.75 Å². The maximum Gasteiger partial charge on any atom is 0.253 e. The van der Waals surface area contributed by atoms with Gasteiger partial charge in [-0.3, -0.25) is 4.79 Å². The highest BCUT2D eigenvalue weighted by atomic mass is 31.1. The third-order valence-electron chi connectivity index (χ3n) is 4.79. The van der Waals surface area contributed by atoms with E-state index in [-0.39, 0.29) is 17.4 Å². The van der Waals surface area contributed by atoms with Gasteiger partial charge in [0.1, 0.15) is 0 Å². The summed E-state index contributed by atoms with van der Waals surface area (Å²) in [6.07, 6.45) is 7.60. The first-order valence-electron chi connectivity index (χ1n) is 8.66. The number of rotatable bonds is 3. The van der Waals surface area contributed by atoms with E-state index in [2.05, 4.69) is 10.2 Å². The van der Waals surface area contributed by atoms with Crippen LogP contribution < -0.4 is 10.1 Å². The first kappa shape index (κ1) is 17.3. The van der Waals surface area contributed by atoms with Gasteiger partial charge in [0.2, 0.25) is 0 Å². The molecule has 7 heteroatoms. The number of benzene rings is 1. The monoisotopic (exact) mass is 373 g/mol. The third kappa shape index (κ3) is 3.27. The smallest absolute Gasteiger partial charge is 0.253 e. The first-order valence-corrected chi connectivity index (χ1v) is 9.73. The second-order valence-electron chi connectivity index (χ2n) is 6.39. The highest BCUT2D eigenvalue weighted by Gasteiger charge is 2.30. The summed E-state index contributed by atoms with van der Waals surface area (Å²) >= 11 is 0. The SMILES string of the molecule is COc1ccc(C2=CN3C(=O)C=C(N4CCNCC4)PC3C=C2)cc1F. The summed E-state index contributed by atoms with van der Waals surface area (Å²) < 4.78 is 19.0. The van der Waals surface area contributed by atoms with Crippen LogP contribution >= 0.6 is 8.58 Å². The van der Waals surface area contributed by atoms with Crippen LogP contribution in [-0.4, -0.2) is 54.8 Å². The lowest BCUT2D eigenvalue weighted by Gasteiger charge is -2.39. The van der Waals surface area contributed by atoms with Crippen LogP contribution in [0.1, 0.15) is 5.56 Å². The number of halogens is 1. The van der Waals surface area contributed by atoms with Gasteiger partial charge in [0.05, 0.1) is 12.9 Å². The van der Waals surface area contributed by atoms with Gasteiger partial charge in [-0.1, -0.05) is 18.2 Å². The number of piperazine rings is 1. The van der Waals surface area contributed by atoms with E-state index in [1.807, 2.05) is 18.4 Å². The molecule has 1 aromatic rings. The Kier molecular flexibility index (Phi) is 4.79. The number of allylic oxidation sites excluding steroid dienone is 2. The van der Waals surface area contributed by atoms with Gasteiger partial charge < -0.3 is 19.9 Å². The molecule has 1 N–H and O–H groups in total. The highest BCUT2D eigenvalue weighted by Crippen LogP contribution is 2.42. The van der Waals surface area contributed by atoms with Crippen molar-refractivity contribution in [1.82, 2.24) is 15.1 Å². The predicted molar refractivity (Wildman–Crippen MR) is 102 cm³/mol. The van der Waals surface area contributed by atoms with Gasteiger partial charge in [0.15, 0.2) is 11.6 Å². The quantitative estimate of drug-likeness (QED) is 0.827. The third-order valence-corrected chi connectivity index (χ3v) is 6.31. The maximum atomic E-state index is 14.0. The lowest BCUT2D eigenvalue weighted by molar-refractivity contribution is -0.124. The summed E-state index contributed by atoms with van der Waals surface area (Å²) in [5.74, 6) is -0.164. The molecule has 2 unspecified atom stereocenters. The minimum absolute atomic E-state index is 0.0156. The fourth-order valence-electron chi connectivity index (χ4n) is 3.37. The van der Waals surface area contributed by atoms with Crippen molar-refractivity contribution in [3.05, 3.63) is 59.4 Å². The maximum absolute atomic E-state index is 14.0. The van der Waals surface area contributed by atoms with Crippen LogP contribution in [0.2, 0.25) is 0 Å². The summed E-state index contributed by atoms with van der Waals surface area (Å²) in [6.45, 7) is 3.78. The van der Waals surface area contributed by atoms with Crippen molar-refractivity contribution in [2.75, 3.05) is 33.3 Å². The molecule has 0 saturated carbocycles. The van der Waals surface area contributed by atoms with Crippen LogP contribution in [0.4, 0.5) is 4.39 Å². The minimum Gasteiger partial charge on any atom is -0.494 e. The van der Waals surface area contributed by atoms with E-state index in [1.54, 1.807) is 23.1 Å². The molecule has 1 amide bonds. The van der Waals surface area contributed by atoms with E-state index in [0.29, 0.717) is 8.58 Å². The number of carbonyl (C=O) groups is 1. The van der Waals surface area contributed by atoms with Crippen LogP contribution in [0.3, 0.4) is 0 Å². The van der Waals surface area contributed by atoms with Crippen molar-refractivity contribution in [3.63, 3.8) is 0 Å². The van der Waals surface area contributed by atoms with Gasteiger partial charge in [-0.2, -0.15) is 0 Å². The Morgan fingerprint density at radius 2 is 2.12 bits per heavy atom. The number of carbonyl (C=O) groups excluding carboxylic acids is 1. The van der Waals surface area contributed by atoms with Crippen molar-refractivity contribution >= 4 is 20.1 Å². The molecule has 0 aliphatic carbocycles. The van der Waals surface area contributed by atoms with E-state index < -0.39 is 5.82 Å². The van der Waals surface area contributed by atoms with Crippen LogP contribution in [0.15, 0.2) is 48.1 Å². The van der Waals surface area contributed by atoms with Gasteiger partial charge in [-0.15, -0.1) is 0 Å². The number of nitrogens with one attached hydrogen (secondary N) is 1.